The number of carbonyl (C=O) groups excluding carboxylic acids is 3. The van der Waals surface area contributed by atoms with E-state index in [1.165, 1.54) is 0 Å². The number of hydrogen-bond donors (Lipinski definition) is 2. The first kappa shape index (κ1) is 31.9. The van der Waals surface area contributed by atoms with Crippen LogP contribution in [0.2, 0.25) is 0 Å². The molecule has 1 atom stereocenters. The molecule has 3 aromatic carbocycles. The minimum Gasteiger partial charge on any atom is -0.381 e. The predicted octanol–water partition coefficient (Wildman–Crippen LogP) is 6.32. The van der Waals surface area contributed by atoms with Crippen LogP contribution in [0, 0.1) is 12.3 Å². The van der Waals surface area contributed by atoms with Crippen molar-refractivity contribution in [2.24, 2.45) is 10.4 Å². The van der Waals surface area contributed by atoms with Gasteiger partial charge in [0.15, 0.2) is 0 Å². The fourth-order valence-electron chi connectivity index (χ4n) is 7.24. The third-order valence-electron chi connectivity index (χ3n) is 10.3. The van der Waals surface area contributed by atoms with Crippen LogP contribution < -0.4 is 20.4 Å². The molecule has 2 saturated heterocycles. The quantitative estimate of drug-likeness (QED) is 0.238. The van der Waals surface area contributed by atoms with Gasteiger partial charge in [0.25, 0.3) is 17.7 Å². The van der Waals surface area contributed by atoms with Gasteiger partial charge >= 0.3 is 0 Å². The lowest BCUT2D eigenvalue weighted by molar-refractivity contribution is -0.000511. The number of para-hydroxylation sites is 2. The first-order valence-electron chi connectivity index (χ1n) is 17.4. The number of rotatable bonds is 7. The third-order valence-corrected chi connectivity index (χ3v) is 10.3. The number of amides is 3. The number of carbonyl (C=O) groups is 3. The Kier molecular flexibility index (Phi) is 8.19. The predicted molar refractivity (Wildman–Crippen MR) is 194 cm³/mol. The summed E-state index contributed by atoms with van der Waals surface area (Å²) < 4.78 is 5.57. The Morgan fingerprint density at radius 3 is 2.30 bits per heavy atom. The zero-order valence-corrected chi connectivity index (χ0v) is 28.3. The molecule has 0 unspecified atom stereocenters. The van der Waals surface area contributed by atoms with Gasteiger partial charge in [0.2, 0.25) is 0 Å². The van der Waals surface area contributed by atoms with Gasteiger partial charge in [-0.05, 0) is 105 Å². The van der Waals surface area contributed by atoms with E-state index in [9.17, 15) is 14.4 Å². The Morgan fingerprint density at radius 2 is 1.58 bits per heavy atom. The van der Waals surface area contributed by atoms with Gasteiger partial charge in [-0.2, -0.15) is 0 Å². The number of ether oxygens (including phenoxy) is 1. The van der Waals surface area contributed by atoms with Crippen LogP contribution >= 0.6 is 0 Å². The minimum absolute atomic E-state index is 0.0740. The molecule has 4 heterocycles. The monoisotopic (exact) mass is 668 g/mol. The average Bonchev–Trinajstić information content (AvgIpc) is 3.95. The summed E-state index contributed by atoms with van der Waals surface area (Å²) in [5.74, 6) is 0.206. The van der Waals surface area contributed by atoms with Crippen molar-refractivity contribution in [2.45, 2.75) is 51.6 Å². The first-order valence-corrected chi connectivity index (χ1v) is 17.4. The van der Waals surface area contributed by atoms with Crippen LogP contribution in [0.1, 0.15) is 74.8 Å². The van der Waals surface area contributed by atoms with Crippen molar-refractivity contribution in [3.63, 3.8) is 0 Å². The summed E-state index contributed by atoms with van der Waals surface area (Å²) in [5.41, 5.74) is 6.37. The molecule has 2 N–H and O–H groups in total. The number of nitrogens with zero attached hydrogens (tertiary/aromatic N) is 4. The van der Waals surface area contributed by atoms with Crippen molar-refractivity contribution in [2.75, 3.05) is 41.4 Å². The van der Waals surface area contributed by atoms with Crippen LogP contribution in [0.25, 0.3) is 0 Å². The number of aromatic nitrogens is 1. The number of benzene rings is 3. The van der Waals surface area contributed by atoms with Gasteiger partial charge in [-0.15, -0.1) is 0 Å². The fraction of sp³-hybridized carbons (Fsp3) is 0.325. The van der Waals surface area contributed by atoms with Crippen LogP contribution in [-0.4, -0.2) is 66.8 Å². The molecule has 0 bridgehead atoms. The fourth-order valence-corrected chi connectivity index (χ4v) is 7.24. The molecule has 1 aromatic heterocycles. The number of aryl methyl sites for hydroxylation is 1. The molecule has 1 aliphatic carbocycles. The number of hydrogen-bond acceptors (Lipinski definition) is 7. The maximum atomic E-state index is 14.2. The summed E-state index contributed by atoms with van der Waals surface area (Å²) in [6.45, 7) is 7.21. The number of anilines is 3. The van der Waals surface area contributed by atoms with Crippen LogP contribution in [0.4, 0.5) is 22.9 Å². The van der Waals surface area contributed by atoms with Crippen LogP contribution in [0.3, 0.4) is 0 Å². The molecule has 4 aromatic rings. The Morgan fingerprint density at radius 1 is 0.880 bits per heavy atom. The molecular weight excluding hydrogens is 628 g/mol. The van der Waals surface area contributed by atoms with Crippen molar-refractivity contribution in [3.8, 4) is 0 Å². The molecule has 3 fully saturated rings. The van der Waals surface area contributed by atoms with E-state index in [0.29, 0.717) is 33.9 Å². The zero-order chi connectivity index (χ0) is 34.4. The largest absolute Gasteiger partial charge is 0.381 e. The van der Waals surface area contributed by atoms with Crippen molar-refractivity contribution < 1.29 is 19.1 Å². The molecule has 3 amide bonds. The summed E-state index contributed by atoms with van der Waals surface area (Å²) in [6.07, 6.45) is 5.93. The first-order chi connectivity index (χ1) is 24.3. The number of aliphatic imine (C=N–C) groups is 1. The van der Waals surface area contributed by atoms with Gasteiger partial charge in [0.1, 0.15) is 5.82 Å². The highest BCUT2D eigenvalue weighted by Crippen LogP contribution is 2.42. The van der Waals surface area contributed by atoms with Gasteiger partial charge < -0.3 is 20.3 Å². The number of fused-ring (bicyclic) bond motifs is 1. The van der Waals surface area contributed by atoms with Crippen molar-refractivity contribution in [3.05, 3.63) is 113 Å². The molecule has 10 nitrogen and oxygen atoms in total. The Bertz CT molecular complexity index is 1990. The SMILES string of the molecule is Cc1cnc(N2CC3(CCOCC3)C2)c(C(=O)Nc2ccc(C(=O)N3c4ccccc4N=C(c4ccc(C(=O)NC5CC5)cc4)[C@@H]3C)cc2)c1. The normalized spacial score (nSPS) is 19.2. The molecule has 50 heavy (non-hydrogen) atoms. The molecule has 8 rings (SSSR count). The van der Waals surface area contributed by atoms with Gasteiger partial charge in [0, 0.05) is 60.8 Å². The zero-order valence-electron chi connectivity index (χ0n) is 28.3. The lowest BCUT2D eigenvalue weighted by atomic mass is 9.73. The average molecular weight is 669 g/mol. The second-order valence-electron chi connectivity index (χ2n) is 14.0. The van der Waals surface area contributed by atoms with Crippen molar-refractivity contribution in [1.82, 2.24) is 10.3 Å². The molecule has 4 aliphatic rings. The maximum absolute atomic E-state index is 14.2. The molecule has 1 spiro atoms. The van der Waals surface area contributed by atoms with Gasteiger partial charge in [-0.1, -0.05) is 24.3 Å². The Balaban J connectivity index is 0.988. The highest BCUT2D eigenvalue weighted by molar-refractivity contribution is 6.18. The molecule has 3 aliphatic heterocycles. The lowest BCUT2D eigenvalue weighted by Gasteiger charge is -2.53. The molecular formula is C40H40N6O4. The van der Waals surface area contributed by atoms with Crippen molar-refractivity contribution in [1.29, 1.82) is 0 Å². The standard InChI is InChI=1S/C40H40N6O4/c1-25-21-32(36(41-22-25)45-23-40(24-45)17-19-50-20-18-40)38(48)43-30-13-11-29(12-14-30)39(49)46-26(2)35(44-33-5-3-4-6-34(33)46)27-7-9-28(10-8-27)37(47)42-31-15-16-31/h3-14,21-22,26,31H,15-20,23-24H2,1-2H3,(H,42,47)(H,43,48)/t26-/m0/s1. The summed E-state index contributed by atoms with van der Waals surface area (Å²) in [4.78, 5) is 53.9. The molecule has 254 valence electrons. The van der Waals surface area contributed by atoms with E-state index in [-0.39, 0.29) is 35.2 Å². The molecule has 10 heteroatoms. The summed E-state index contributed by atoms with van der Waals surface area (Å²) in [6, 6.07) is 23.8. The number of pyridine rings is 1. The Hall–Kier alpha value is -5.35. The number of nitrogens with one attached hydrogen (secondary N) is 2. The smallest absolute Gasteiger partial charge is 0.259 e. The van der Waals surface area contributed by atoms with E-state index in [4.69, 9.17) is 9.73 Å². The van der Waals surface area contributed by atoms with E-state index in [1.807, 2.05) is 68.4 Å². The van der Waals surface area contributed by atoms with E-state index < -0.39 is 0 Å². The minimum atomic E-state index is -0.378. The highest BCUT2D eigenvalue weighted by atomic mass is 16.5. The second-order valence-corrected chi connectivity index (χ2v) is 14.0. The summed E-state index contributed by atoms with van der Waals surface area (Å²) in [7, 11) is 0. The summed E-state index contributed by atoms with van der Waals surface area (Å²) >= 11 is 0. The molecule has 0 radical (unpaired) electrons. The highest BCUT2D eigenvalue weighted by Gasteiger charge is 2.45. The maximum Gasteiger partial charge on any atom is 0.259 e. The van der Waals surface area contributed by atoms with Crippen LogP contribution in [-0.2, 0) is 4.74 Å². The van der Waals surface area contributed by atoms with Gasteiger partial charge in [0.05, 0.1) is 28.7 Å². The third kappa shape index (κ3) is 6.15. The van der Waals surface area contributed by atoms with Gasteiger partial charge in [-0.3, -0.25) is 19.3 Å². The molecule has 1 saturated carbocycles. The lowest BCUT2D eigenvalue weighted by Crippen LogP contribution is -2.59. The van der Waals surface area contributed by atoms with E-state index >= 15 is 0 Å². The van der Waals surface area contributed by atoms with Crippen LogP contribution in [0.15, 0.2) is 90.1 Å². The second kappa shape index (κ2) is 12.8. The summed E-state index contributed by atoms with van der Waals surface area (Å²) in [5, 5.41) is 6.05. The van der Waals surface area contributed by atoms with Crippen LogP contribution in [0.5, 0.6) is 0 Å². The topological polar surface area (TPSA) is 116 Å². The van der Waals surface area contributed by atoms with Gasteiger partial charge in [-0.25, -0.2) is 9.98 Å². The van der Waals surface area contributed by atoms with E-state index in [2.05, 4.69) is 20.5 Å². The Labute approximate surface area is 291 Å². The van der Waals surface area contributed by atoms with Crippen molar-refractivity contribution >= 4 is 46.3 Å². The van der Waals surface area contributed by atoms with E-state index in [1.54, 1.807) is 35.4 Å². The van der Waals surface area contributed by atoms with E-state index in [0.717, 1.165) is 74.5 Å².